The normalized spacial score (nSPS) is 12.6. The molecule has 3 rings (SSSR count). The monoisotopic (exact) mass is 683 g/mol. The number of alkyl halides is 6. The lowest BCUT2D eigenvalue weighted by molar-refractivity contribution is -0.159. The number of rotatable bonds is 10. The first kappa shape index (κ1) is 36.5. The van der Waals surface area contributed by atoms with E-state index in [2.05, 4.69) is 5.32 Å². The van der Waals surface area contributed by atoms with Crippen LogP contribution in [0.5, 0.6) is 0 Å². The highest BCUT2D eigenvalue weighted by molar-refractivity contribution is 5.99. The number of hydrogen-bond donors (Lipinski definition) is 4. The van der Waals surface area contributed by atoms with Crippen LogP contribution in [0.15, 0.2) is 72.8 Å². The summed E-state index contributed by atoms with van der Waals surface area (Å²) in [6.45, 7) is 1.60. The van der Waals surface area contributed by atoms with E-state index in [-0.39, 0.29) is 17.9 Å². The fourth-order valence-electron chi connectivity index (χ4n) is 3.72. The number of aliphatic carboxylic acids is 1. The molecule has 18 heteroatoms. The van der Waals surface area contributed by atoms with Gasteiger partial charge in [0.25, 0.3) is 11.8 Å². The Morgan fingerprint density at radius 1 is 0.688 bits per heavy atom. The maximum atomic E-state index is 13.2. The highest BCUT2D eigenvalue weighted by Gasteiger charge is 2.42. The SMILES string of the molecule is CCC(=O)Nc1ccc(C(=O)NNC(=O)[C@H](OC(=O)c2cccc(C(F)(F)F)c2)[C@H](OC(=O)c2cccc(C(F)(F)F)c2)C(=O)O)cc1. The van der Waals surface area contributed by atoms with E-state index >= 15 is 0 Å². The molecular weight excluding hydrogens is 660 g/mol. The van der Waals surface area contributed by atoms with Crippen molar-refractivity contribution in [3.8, 4) is 0 Å². The molecule has 0 fully saturated rings. The molecule has 48 heavy (non-hydrogen) atoms. The van der Waals surface area contributed by atoms with Crippen LogP contribution in [-0.4, -0.2) is 52.9 Å². The van der Waals surface area contributed by atoms with E-state index in [0.29, 0.717) is 30.0 Å². The van der Waals surface area contributed by atoms with E-state index in [1.165, 1.54) is 24.3 Å². The number of ether oxygens (including phenoxy) is 2. The van der Waals surface area contributed by atoms with Crippen LogP contribution in [0.25, 0.3) is 0 Å². The second kappa shape index (κ2) is 15.1. The van der Waals surface area contributed by atoms with Crippen molar-refractivity contribution in [2.24, 2.45) is 0 Å². The van der Waals surface area contributed by atoms with Crippen molar-refractivity contribution in [3.05, 3.63) is 101 Å². The molecular formula is C30H23F6N3O9. The van der Waals surface area contributed by atoms with Crippen LogP contribution in [0.2, 0.25) is 0 Å². The molecule has 0 radical (unpaired) electrons. The van der Waals surface area contributed by atoms with Gasteiger partial charge < -0.3 is 19.9 Å². The summed E-state index contributed by atoms with van der Waals surface area (Å²) < 4.78 is 88.6. The van der Waals surface area contributed by atoms with E-state index < -0.39 is 76.5 Å². The van der Waals surface area contributed by atoms with Gasteiger partial charge in [-0.1, -0.05) is 19.1 Å². The number of esters is 2. The number of carbonyl (C=O) groups is 6. The second-order valence-corrected chi connectivity index (χ2v) is 9.57. The summed E-state index contributed by atoms with van der Waals surface area (Å²) in [4.78, 5) is 74.9. The Morgan fingerprint density at radius 2 is 1.17 bits per heavy atom. The predicted molar refractivity (Wildman–Crippen MR) is 150 cm³/mol. The zero-order valence-corrected chi connectivity index (χ0v) is 24.3. The zero-order valence-electron chi connectivity index (χ0n) is 24.3. The Balaban J connectivity index is 1.89. The quantitative estimate of drug-likeness (QED) is 0.137. The molecule has 0 heterocycles. The minimum atomic E-state index is -4.93. The number of hydrogen-bond acceptors (Lipinski definition) is 8. The molecule has 0 saturated carbocycles. The molecule has 2 atom stereocenters. The molecule has 254 valence electrons. The Labute approximate surface area is 266 Å². The Morgan fingerprint density at radius 3 is 1.60 bits per heavy atom. The number of carboxylic acids is 1. The standard InChI is InChI=1S/C30H23F6N3O9/c1-2-21(40)37-20-11-9-15(10-12-20)24(41)38-39-25(42)22(47-27(45)16-5-3-7-18(13-16)29(31,32)33)23(26(43)44)48-28(46)17-6-4-8-19(14-17)30(34,35)36/h3-14,22-23H,2H2,1H3,(H,37,40)(H,38,41)(H,39,42)(H,43,44)/t22-,23+/m1/s1. The van der Waals surface area contributed by atoms with Crippen LogP contribution in [0.4, 0.5) is 32.0 Å². The van der Waals surface area contributed by atoms with Gasteiger partial charge >= 0.3 is 30.3 Å². The number of halogens is 6. The van der Waals surface area contributed by atoms with E-state index in [9.17, 15) is 60.2 Å². The van der Waals surface area contributed by atoms with Gasteiger partial charge in [-0.05, 0) is 60.7 Å². The molecule has 0 aromatic heterocycles. The van der Waals surface area contributed by atoms with Gasteiger partial charge in [-0.3, -0.25) is 25.2 Å². The number of hydrazine groups is 1. The largest absolute Gasteiger partial charge is 0.478 e. The van der Waals surface area contributed by atoms with Gasteiger partial charge in [0.05, 0.1) is 22.3 Å². The van der Waals surface area contributed by atoms with E-state index in [1.807, 2.05) is 5.43 Å². The van der Waals surface area contributed by atoms with Gasteiger partial charge in [0.2, 0.25) is 18.1 Å². The zero-order chi connectivity index (χ0) is 35.8. The summed E-state index contributed by atoms with van der Waals surface area (Å²) >= 11 is 0. The van der Waals surface area contributed by atoms with Gasteiger partial charge in [-0.2, -0.15) is 26.3 Å². The number of benzene rings is 3. The molecule has 3 amide bonds. The summed E-state index contributed by atoms with van der Waals surface area (Å²) in [5.74, 6) is -8.65. The molecule has 0 unspecified atom stereocenters. The van der Waals surface area contributed by atoms with Crippen LogP contribution in [-0.2, 0) is 36.2 Å². The van der Waals surface area contributed by atoms with Crippen LogP contribution in [0.1, 0.15) is 55.5 Å². The highest BCUT2D eigenvalue weighted by Crippen LogP contribution is 2.31. The third kappa shape index (κ3) is 9.78. The number of amides is 3. The summed E-state index contributed by atoms with van der Waals surface area (Å²) in [5, 5.41) is 12.3. The molecule has 0 aliphatic rings. The summed E-state index contributed by atoms with van der Waals surface area (Å²) in [6, 6.07) is 10.2. The number of carboxylic acid groups (broad SMARTS) is 1. The summed E-state index contributed by atoms with van der Waals surface area (Å²) in [6.07, 6.45) is -15.2. The molecule has 12 nitrogen and oxygen atoms in total. The fraction of sp³-hybridized carbons (Fsp3) is 0.200. The average Bonchev–Trinajstić information content (AvgIpc) is 3.04. The lowest BCUT2D eigenvalue weighted by Gasteiger charge is -2.24. The number of carbonyl (C=O) groups excluding carboxylic acids is 5. The molecule has 0 spiro atoms. The highest BCUT2D eigenvalue weighted by atomic mass is 19.4. The van der Waals surface area contributed by atoms with Crippen molar-refractivity contribution in [1.29, 1.82) is 0 Å². The lowest BCUT2D eigenvalue weighted by Crippen LogP contribution is -2.54. The van der Waals surface area contributed by atoms with Gasteiger partial charge in [0, 0.05) is 17.7 Å². The van der Waals surface area contributed by atoms with Crippen LogP contribution < -0.4 is 16.2 Å². The Kier molecular flexibility index (Phi) is 11.5. The van der Waals surface area contributed by atoms with Crippen molar-refractivity contribution >= 4 is 41.3 Å². The van der Waals surface area contributed by atoms with Crippen molar-refractivity contribution in [2.45, 2.75) is 37.9 Å². The Hall–Kier alpha value is -5.94. The Bertz CT molecular complexity index is 1710. The number of anilines is 1. The maximum absolute atomic E-state index is 13.2. The molecule has 3 aromatic rings. The minimum absolute atomic E-state index is 0.118. The lowest BCUT2D eigenvalue weighted by atomic mass is 10.1. The van der Waals surface area contributed by atoms with Crippen LogP contribution in [0, 0.1) is 0 Å². The molecule has 0 saturated heterocycles. The first-order valence-corrected chi connectivity index (χ1v) is 13.4. The maximum Gasteiger partial charge on any atom is 0.416 e. The molecule has 0 aliphatic carbocycles. The van der Waals surface area contributed by atoms with Crippen LogP contribution >= 0.6 is 0 Å². The fourth-order valence-corrected chi connectivity index (χ4v) is 3.72. The molecule has 4 N–H and O–H groups in total. The van der Waals surface area contributed by atoms with Gasteiger partial charge in [-0.25, -0.2) is 14.4 Å². The summed E-state index contributed by atoms with van der Waals surface area (Å²) in [7, 11) is 0. The topological polar surface area (TPSA) is 177 Å². The molecule has 3 aromatic carbocycles. The van der Waals surface area contributed by atoms with Crippen molar-refractivity contribution in [3.63, 3.8) is 0 Å². The van der Waals surface area contributed by atoms with E-state index in [0.717, 1.165) is 24.3 Å². The smallest absolute Gasteiger partial charge is 0.416 e. The third-order valence-electron chi connectivity index (χ3n) is 6.15. The average molecular weight is 684 g/mol. The second-order valence-electron chi connectivity index (χ2n) is 9.57. The summed E-state index contributed by atoms with van der Waals surface area (Å²) in [5.41, 5.74) is -0.489. The first-order valence-electron chi connectivity index (χ1n) is 13.4. The van der Waals surface area contributed by atoms with Gasteiger partial charge in [-0.15, -0.1) is 0 Å². The van der Waals surface area contributed by atoms with Gasteiger partial charge in [0.15, 0.2) is 0 Å². The van der Waals surface area contributed by atoms with Crippen LogP contribution in [0.3, 0.4) is 0 Å². The van der Waals surface area contributed by atoms with E-state index in [1.54, 1.807) is 12.3 Å². The molecule has 0 bridgehead atoms. The minimum Gasteiger partial charge on any atom is -0.478 e. The molecule has 0 aliphatic heterocycles. The van der Waals surface area contributed by atoms with E-state index in [4.69, 9.17) is 9.47 Å². The first-order chi connectivity index (χ1) is 22.4. The third-order valence-corrected chi connectivity index (χ3v) is 6.15. The van der Waals surface area contributed by atoms with Crippen molar-refractivity contribution in [1.82, 2.24) is 10.9 Å². The van der Waals surface area contributed by atoms with Crippen molar-refractivity contribution in [2.75, 3.05) is 5.32 Å². The van der Waals surface area contributed by atoms with Crippen molar-refractivity contribution < 1.29 is 69.7 Å². The number of nitrogens with one attached hydrogen (secondary N) is 3. The van der Waals surface area contributed by atoms with Gasteiger partial charge in [0.1, 0.15) is 0 Å². The predicted octanol–water partition coefficient (Wildman–Crippen LogP) is 4.37.